The Balaban J connectivity index is 2.09. The lowest BCUT2D eigenvalue weighted by molar-refractivity contribution is 1.22. The molecule has 0 aliphatic heterocycles. The highest BCUT2D eigenvalue weighted by Crippen LogP contribution is 2.02. The zero-order chi connectivity index (χ0) is 11.2. The van der Waals surface area contributed by atoms with Crippen LogP contribution in [0.15, 0.2) is 54.0 Å². The van der Waals surface area contributed by atoms with Gasteiger partial charge < -0.3 is 0 Å². The van der Waals surface area contributed by atoms with Crippen LogP contribution in [0.4, 0.5) is 5.82 Å². The van der Waals surface area contributed by atoms with Crippen LogP contribution in [0.25, 0.3) is 0 Å². The molecule has 0 bridgehead atoms. The maximum absolute atomic E-state index is 4.24. The zero-order valence-corrected chi connectivity index (χ0v) is 8.96. The minimum absolute atomic E-state index is 0.732. The van der Waals surface area contributed by atoms with Gasteiger partial charge in [0.15, 0.2) is 0 Å². The van der Waals surface area contributed by atoms with Crippen molar-refractivity contribution in [2.45, 2.75) is 6.92 Å². The predicted molar refractivity (Wildman–Crippen MR) is 64.3 cm³/mol. The van der Waals surface area contributed by atoms with Gasteiger partial charge in [-0.15, -0.1) is 0 Å². The van der Waals surface area contributed by atoms with Crippen molar-refractivity contribution < 1.29 is 0 Å². The van der Waals surface area contributed by atoms with Crippen molar-refractivity contribution >= 4 is 11.5 Å². The number of pyridine rings is 2. The van der Waals surface area contributed by atoms with Crippen LogP contribution in [0, 0.1) is 0 Å². The van der Waals surface area contributed by atoms with Crippen LogP contribution in [0.5, 0.6) is 0 Å². The van der Waals surface area contributed by atoms with Gasteiger partial charge in [-0.1, -0.05) is 6.07 Å². The lowest BCUT2D eigenvalue weighted by Gasteiger charge is -2.01. The molecule has 2 aromatic heterocycles. The Morgan fingerprint density at radius 2 is 1.94 bits per heavy atom. The van der Waals surface area contributed by atoms with Gasteiger partial charge in [0.1, 0.15) is 5.82 Å². The summed E-state index contributed by atoms with van der Waals surface area (Å²) in [5.74, 6) is 0.732. The second-order valence-corrected chi connectivity index (χ2v) is 3.26. The molecule has 0 radical (unpaired) electrons. The summed E-state index contributed by atoms with van der Waals surface area (Å²) >= 11 is 0. The summed E-state index contributed by atoms with van der Waals surface area (Å²) in [6.07, 6.45) is 5.21. The van der Waals surface area contributed by atoms with Gasteiger partial charge in [-0.3, -0.25) is 10.4 Å². The predicted octanol–water partition coefficient (Wildman–Crippen LogP) is 2.31. The molecule has 1 N–H and O–H groups in total. The van der Waals surface area contributed by atoms with Crippen molar-refractivity contribution in [1.29, 1.82) is 0 Å². The topological polar surface area (TPSA) is 50.2 Å². The van der Waals surface area contributed by atoms with Gasteiger partial charge in [0.25, 0.3) is 0 Å². The Morgan fingerprint density at radius 1 is 1.12 bits per heavy atom. The number of nitrogens with one attached hydrogen (secondary N) is 1. The van der Waals surface area contributed by atoms with Crippen LogP contribution in [0.3, 0.4) is 0 Å². The van der Waals surface area contributed by atoms with E-state index in [9.17, 15) is 0 Å². The fourth-order valence-corrected chi connectivity index (χ4v) is 1.23. The normalized spacial score (nSPS) is 11.2. The summed E-state index contributed by atoms with van der Waals surface area (Å²) in [5.41, 5.74) is 4.84. The summed E-state index contributed by atoms with van der Waals surface area (Å²) in [5, 5.41) is 4.24. The van der Waals surface area contributed by atoms with E-state index in [2.05, 4.69) is 20.5 Å². The van der Waals surface area contributed by atoms with E-state index in [-0.39, 0.29) is 0 Å². The summed E-state index contributed by atoms with van der Waals surface area (Å²) in [6.45, 7) is 1.94. The molecule has 0 amide bonds. The first-order valence-corrected chi connectivity index (χ1v) is 4.98. The second kappa shape index (κ2) is 5.02. The molecule has 0 aromatic carbocycles. The molecular formula is C12H12N4. The van der Waals surface area contributed by atoms with E-state index in [0.717, 1.165) is 17.1 Å². The van der Waals surface area contributed by atoms with Gasteiger partial charge in [-0.25, -0.2) is 4.98 Å². The number of aromatic nitrogens is 2. The minimum atomic E-state index is 0.732. The Bertz CT molecular complexity index is 465. The smallest absolute Gasteiger partial charge is 0.146 e. The van der Waals surface area contributed by atoms with E-state index >= 15 is 0 Å². The van der Waals surface area contributed by atoms with E-state index in [1.54, 1.807) is 18.6 Å². The summed E-state index contributed by atoms with van der Waals surface area (Å²) in [7, 11) is 0. The molecule has 0 spiro atoms. The Hall–Kier alpha value is -2.23. The number of hydrogen-bond acceptors (Lipinski definition) is 4. The molecule has 4 nitrogen and oxygen atoms in total. The maximum atomic E-state index is 4.24. The first kappa shape index (κ1) is 10.3. The molecule has 2 aromatic rings. The van der Waals surface area contributed by atoms with Gasteiger partial charge in [0, 0.05) is 24.2 Å². The van der Waals surface area contributed by atoms with Crippen molar-refractivity contribution in [2.75, 3.05) is 5.43 Å². The van der Waals surface area contributed by atoms with Crippen molar-refractivity contribution in [3.8, 4) is 0 Å². The Labute approximate surface area is 94.1 Å². The number of anilines is 1. The third-order valence-electron chi connectivity index (χ3n) is 2.10. The second-order valence-electron chi connectivity index (χ2n) is 3.26. The molecule has 0 atom stereocenters. The lowest BCUT2D eigenvalue weighted by atomic mass is 10.2. The van der Waals surface area contributed by atoms with Crippen LogP contribution >= 0.6 is 0 Å². The Kier molecular flexibility index (Phi) is 3.23. The monoisotopic (exact) mass is 212 g/mol. The van der Waals surface area contributed by atoms with Crippen molar-refractivity contribution in [1.82, 2.24) is 9.97 Å². The third kappa shape index (κ3) is 2.63. The summed E-state index contributed by atoms with van der Waals surface area (Å²) in [4.78, 5) is 8.07. The molecule has 80 valence electrons. The average Bonchev–Trinajstić information content (AvgIpc) is 2.38. The van der Waals surface area contributed by atoms with Gasteiger partial charge >= 0.3 is 0 Å². The van der Waals surface area contributed by atoms with Crippen LogP contribution in [0.1, 0.15) is 12.5 Å². The molecular weight excluding hydrogens is 200 g/mol. The molecule has 0 saturated carbocycles. The zero-order valence-electron chi connectivity index (χ0n) is 8.96. The fraction of sp³-hybridized carbons (Fsp3) is 0.0833. The van der Waals surface area contributed by atoms with Crippen LogP contribution in [-0.4, -0.2) is 15.7 Å². The van der Waals surface area contributed by atoms with Crippen molar-refractivity contribution in [2.24, 2.45) is 5.10 Å². The van der Waals surface area contributed by atoms with Gasteiger partial charge in [0.05, 0.1) is 5.71 Å². The Morgan fingerprint density at radius 3 is 2.62 bits per heavy atom. The molecule has 0 saturated heterocycles. The molecule has 0 aliphatic carbocycles. The van der Waals surface area contributed by atoms with Crippen molar-refractivity contribution in [3.05, 3.63) is 54.5 Å². The molecule has 0 unspecified atom stereocenters. The minimum Gasteiger partial charge on any atom is -0.265 e. The maximum Gasteiger partial charge on any atom is 0.146 e. The summed E-state index contributed by atoms with van der Waals surface area (Å²) < 4.78 is 0. The van der Waals surface area contributed by atoms with E-state index in [0.29, 0.717) is 0 Å². The highest BCUT2D eigenvalue weighted by atomic mass is 15.3. The molecule has 0 fully saturated rings. The number of nitrogens with zero attached hydrogens (tertiary/aromatic N) is 3. The van der Waals surface area contributed by atoms with Gasteiger partial charge in [-0.2, -0.15) is 5.10 Å². The number of rotatable bonds is 3. The largest absolute Gasteiger partial charge is 0.265 e. The molecule has 2 rings (SSSR count). The van der Waals surface area contributed by atoms with Crippen LogP contribution < -0.4 is 5.43 Å². The average molecular weight is 212 g/mol. The highest BCUT2D eigenvalue weighted by molar-refractivity contribution is 5.98. The molecule has 16 heavy (non-hydrogen) atoms. The standard InChI is InChI=1S/C12H12N4/c1-10(11-5-8-13-9-6-11)15-16-12-4-2-3-7-14-12/h2-9H,1H3,(H,14,16)/b15-10-. The third-order valence-corrected chi connectivity index (χ3v) is 2.10. The van der Waals surface area contributed by atoms with Gasteiger partial charge in [-0.05, 0) is 31.2 Å². The number of hydrogen-bond donors (Lipinski definition) is 1. The van der Waals surface area contributed by atoms with Crippen LogP contribution in [0.2, 0.25) is 0 Å². The summed E-state index contributed by atoms with van der Waals surface area (Å²) in [6, 6.07) is 9.47. The SMILES string of the molecule is C/C(=N/Nc1ccccn1)c1ccncc1. The molecule has 2 heterocycles. The van der Waals surface area contributed by atoms with E-state index in [1.807, 2.05) is 37.3 Å². The van der Waals surface area contributed by atoms with Gasteiger partial charge in [0.2, 0.25) is 0 Å². The number of hydrazone groups is 1. The first-order chi connectivity index (χ1) is 7.86. The highest BCUT2D eigenvalue weighted by Gasteiger charge is 1.95. The fourth-order valence-electron chi connectivity index (χ4n) is 1.23. The van der Waals surface area contributed by atoms with E-state index in [4.69, 9.17) is 0 Å². The first-order valence-electron chi connectivity index (χ1n) is 4.98. The van der Waals surface area contributed by atoms with E-state index in [1.165, 1.54) is 0 Å². The lowest BCUT2D eigenvalue weighted by Crippen LogP contribution is -2.00. The molecule has 0 aliphatic rings. The van der Waals surface area contributed by atoms with Crippen molar-refractivity contribution in [3.63, 3.8) is 0 Å². The van der Waals surface area contributed by atoms with Crippen LogP contribution in [-0.2, 0) is 0 Å². The molecule has 4 heteroatoms. The quantitative estimate of drug-likeness (QED) is 0.627. The van der Waals surface area contributed by atoms with E-state index < -0.39 is 0 Å².